The molecule has 11 heteroatoms. The zero-order valence-corrected chi connectivity index (χ0v) is 23.6. The van der Waals surface area contributed by atoms with Gasteiger partial charge in [-0.15, -0.1) is 0 Å². The van der Waals surface area contributed by atoms with E-state index in [-0.39, 0.29) is 17.3 Å². The first-order chi connectivity index (χ1) is 19.8. The third kappa shape index (κ3) is 7.23. The molecule has 3 N–H and O–H groups in total. The number of anilines is 1. The number of methoxy groups -OCH3 is 2. The number of carbonyl (C=O) groups is 4. The number of allylic oxidation sites excluding steroid dienone is 1. The number of rotatable bonds is 8. The monoisotopic (exact) mass is 563 g/mol. The lowest BCUT2D eigenvalue weighted by molar-refractivity contribution is -0.136. The molecule has 2 aromatic carbocycles. The smallest absolute Gasteiger partial charge is 0.418 e. The van der Waals surface area contributed by atoms with E-state index in [2.05, 4.69) is 45.1 Å². The van der Waals surface area contributed by atoms with Gasteiger partial charge in [-0.3, -0.25) is 0 Å². The normalized spacial score (nSPS) is 18.0. The quantitative estimate of drug-likeness (QED) is 0.322. The molecule has 0 aromatic heterocycles. The van der Waals surface area contributed by atoms with Crippen molar-refractivity contribution in [3.05, 3.63) is 77.0 Å². The number of hydrogen-bond acceptors (Lipinski definition) is 7. The van der Waals surface area contributed by atoms with Gasteiger partial charge in [0, 0.05) is 17.9 Å². The fourth-order valence-electron chi connectivity index (χ4n) is 5.40. The average molecular weight is 564 g/mol. The Morgan fingerprint density at radius 1 is 0.976 bits per heavy atom. The number of ether oxygens (including phenoxy) is 2. The van der Waals surface area contributed by atoms with Gasteiger partial charge in [0.2, 0.25) is 0 Å². The lowest BCUT2D eigenvalue weighted by atomic mass is 9.89. The average Bonchev–Trinajstić information content (AvgIpc) is 2.99. The maximum atomic E-state index is 12.7. The number of hydrogen-bond donors (Lipinski definition) is 3. The fraction of sp³-hybridized carbons (Fsp3) is 0.400. The van der Waals surface area contributed by atoms with Gasteiger partial charge in [0.15, 0.2) is 0 Å². The van der Waals surface area contributed by atoms with Crippen molar-refractivity contribution < 1.29 is 28.7 Å². The first kappa shape index (κ1) is 29.6. The topological polar surface area (TPSA) is 129 Å². The number of amides is 5. The Bertz CT molecular complexity index is 1290. The van der Waals surface area contributed by atoms with Gasteiger partial charge in [-0.25, -0.2) is 24.1 Å². The minimum absolute atomic E-state index is 0.0758. The molecule has 218 valence electrons. The predicted molar refractivity (Wildman–Crippen MR) is 153 cm³/mol. The van der Waals surface area contributed by atoms with E-state index in [1.165, 1.54) is 12.7 Å². The molecule has 41 heavy (non-hydrogen) atoms. The summed E-state index contributed by atoms with van der Waals surface area (Å²) in [7, 11) is 2.36. The SMILES string of the molecule is COC(=O)C1=C(C)NC(=O)N(C(=O)OC)C1c1cccc(NC(=O)NCCCN2CCC(c3ccccc3)CC2)c1. The van der Waals surface area contributed by atoms with Crippen molar-refractivity contribution in [2.24, 2.45) is 0 Å². The second-order valence-electron chi connectivity index (χ2n) is 10.1. The summed E-state index contributed by atoms with van der Waals surface area (Å²) in [6.45, 7) is 5.06. The third-order valence-corrected chi connectivity index (χ3v) is 7.48. The summed E-state index contributed by atoms with van der Waals surface area (Å²) < 4.78 is 9.71. The van der Waals surface area contributed by atoms with Gasteiger partial charge in [-0.05, 0) is 75.0 Å². The van der Waals surface area contributed by atoms with Crippen molar-refractivity contribution in [1.29, 1.82) is 0 Å². The standard InChI is InChI=1S/C30H37N5O6/c1-20-25(27(36)40-2)26(35(29(38)32-20)30(39)41-3)23-11-7-12-24(19-23)33-28(37)31-15-8-16-34-17-13-22(14-18-34)21-9-5-4-6-10-21/h4-7,9-12,19,22,26H,8,13-18H2,1-3H3,(H,32,38)(H2,31,33,37). The van der Waals surface area contributed by atoms with E-state index < -0.39 is 24.1 Å². The highest BCUT2D eigenvalue weighted by molar-refractivity contribution is 6.00. The molecule has 1 atom stereocenters. The van der Waals surface area contributed by atoms with E-state index in [1.54, 1.807) is 31.2 Å². The fourth-order valence-corrected chi connectivity index (χ4v) is 5.40. The highest BCUT2D eigenvalue weighted by Crippen LogP contribution is 2.35. The molecule has 0 bridgehead atoms. The number of nitrogens with zero attached hydrogens (tertiary/aromatic N) is 2. The molecule has 2 heterocycles. The Morgan fingerprint density at radius 2 is 1.68 bits per heavy atom. The van der Waals surface area contributed by atoms with Crippen LogP contribution in [0.25, 0.3) is 0 Å². The Morgan fingerprint density at radius 3 is 2.37 bits per heavy atom. The van der Waals surface area contributed by atoms with Crippen LogP contribution in [0.5, 0.6) is 0 Å². The van der Waals surface area contributed by atoms with Crippen molar-refractivity contribution in [3.8, 4) is 0 Å². The lowest BCUT2D eigenvalue weighted by Gasteiger charge is -2.35. The predicted octanol–water partition coefficient (Wildman–Crippen LogP) is 4.36. The first-order valence-electron chi connectivity index (χ1n) is 13.7. The summed E-state index contributed by atoms with van der Waals surface area (Å²) in [5, 5.41) is 8.17. The molecule has 1 fully saturated rings. The number of piperidine rings is 1. The number of nitrogens with one attached hydrogen (secondary N) is 3. The van der Waals surface area contributed by atoms with Gasteiger partial charge < -0.3 is 30.3 Å². The van der Waals surface area contributed by atoms with Crippen LogP contribution in [0, 0.1) is 0 Å². The van der Waals surface area contributed by atoms with Crippen molar-refractivity contribution in [2.45, 2.75) is 38.1 Å². The van der Waals surface area contributed by atoms with Gasteiger partial charge in [-0.1, -0.05) is 42.5 Å². The van der Waals surface area contributed by atoms with Crippen molar-refractivity contribution in [3.63, 3.8) is 0 Å². The molecule has 11 nitrogen and oxygen atoms in total. The second-order valence-corrected chi connectivity index (χ2v) is 10.1. The van der Waals surface area contributed by atoms with E-state index >= 15 is 0 Å². The molecule has 1 unspecified atom stereocenters. The lowest BCUT2D eigenvalue weighted by Crippen LogP contribution is -2.51. The highest BCUT2D eigenvalue weighted by atomic mass is 16.5. The van der Waals surface area contributed by atoms with Gasteiger partial charge in [-0.2, -0.15) is 0 Å². The van der Waals surface area contributed by atoms with Crippen LogP contribution >= 0.6 is 0 Å². The Kier molecular flexibility index (Phi) is 9.96. The largest absolute Gasteiger partial charge is 0.466 e. The maximum Gasteiger partial charge on any atom is 0.418 e. The second kappa shape index (κ2) is 13.8. The summed E-state index contributed by atoms with van der Waals surface area (Å²) in [6, 6.07) is 15.0. The summed E-state index contributed by atoms with van der Waals surface area (Å²) >= 11 is 0. The number of esters is 1. The van der Waals surface area contributed by atoms with E-state index in [0.717, 1.165) is 50.9 Å². The highest BCUT2D eigenvalue weighted by Gasteiger charge is 2.42. The summed E-state index contributed by atoms with van der Waals surface area (Å²) in [6.07, 6.45) is 2.15. The molecule has 1 saturated heterocycles. The molecule has 0 spiro atoms. The summed E-state index contributed by atoms with van der Waals surface area (Å²) in [4.78, 5) is 53.7. The van der Waals surface area contributed by atoms with Crippen molar-refractivity contribution in [2.75, 3.05) is 45.7 Å². The van der Waals surface area contributed by atoms with Crippen LogP contribution in [0.4, 0.5) is 20.1 Å². The minimum Gasteiger partial charge on any atom is -0.466 e. The van der Waals surface area contributed by atoms with Gasteiger partial charge in [0.25, 0.3) is 0 Å². The summed E-state index contributed by atoms with van der Waals surface area (Å²) in [5.74, 6) is -0.0975. The molecular formula is C30H37N5O6. The van der Waals surface area contributed by atoms with Crippen LogP contribution in [-0.4, -0.2) is 74.3 Å². The van der Waals surface area contributed by atoms with Crippen LogP contribution in [0.2, 0.25) is 0 Å². The van der Waals surface area contributed by atoms with Crippen LogP contribution < -0.4 is 16.0 Å². The maximum absolute atomic E-state index is 12.7. The minimum atomic E-state index is -1.11. The molecule has 0 radical (unpaired) electrons. The molecule has 5 amide bonds. The zero-order valence-electron chi connectivity index (χ0n) is 23.6. The first-order valence-corrected chi connectivity index (χ1v) is 13.7. The summed E-state index contributed by atoms with van der Waals surface area (Å²) in [5.41, 5.74) is 2.59. The number of benzene rings is 2. The Hall–Kier alpha value is -4.38. The molecule has 2 aliphatic rings. The Balaban J connectivity index is 1.32. The number of likely N-dealkylation sites (tertiary alicyclic amines) is 1. The molecule has 2 aliphatic heterocycles. The molecule has 2 aromatic rings. The number of carbonyl (C=O) groups excluding carboxylic acids is 4. The Labute approximate surface area is 239 Å². The molecule has 4 rings (SSSR count). The third-order valence-electron chi connectivity index (χ3n) is 7.48. The van der Waals surface area contributed by atoms with E-state index in [9.17, 15) is 19.2 Å². The molecule has 0 aliphatic carbocycles. The number of urea groups is 2. The van der Waals surface area contributed by atoms with Gasteiger partial charge in [0.05, 0.1) is 19.8 Å². The number of imide groups is 1. The van der Waals surface area contributed by atoms with E-state index in [4.69, 9.17) is 9.47 Å². The molecule has 0 saturated carbocycles. The zero-order chi connectivity index (χ0) is 29.4. The molecular weight excluding hydrogens is 526 g/mol. The van der Waals surface area contributed by atoms with Crippen LogP contribution in [0.1, 0.15) is 49.3 Å². The van der Waals surface area contributed by atoms with Crippen molar-refractivity contribution in [1.82, 2.24) is 20.4 Å². The van der Waals surface area contributed by atoms with Crippen LogP contribution in [0.15, 0.2) is 65.9 Å². The van der Waals surface area contributed by atoms with E-state index in [0.29, 0.717) is 23.7 Å². The van der Waals surface area contributed by atoms with E-state index in [1.807, 2.05) is 6.07 Å². The van der Waals surface area contributed by atoms with Gasteiger partial charge >= 0.3 is 24.1 Å². The van der Waals surface area contributed by atoms with Gasteiger partial charge in [0.1, 0.15) is 6.04 Å². The van der Waals surface area contributed by atoms with Crippen LogP contribution in [0.3, 0.4) is 0 Å². The van der Waals surface area contributed by atoms with Crippen molar-refractivity contribution >= 4 is 29.8 Å². The van der Waals surface area contributed by atoms with Crippen LogP contribution in [-0.2, 0) is 14.3 Å².